The molecule has 1 amide bonds. The van der Waals surface area contributed by atoms with Crippen LogP contribution in [-0.2, 0) is 16.6 Å². The highest BCUT2D eigenvalue weighted by Gasteiger charge is 2.28. The lowest BCUT2D eigenvalue weighted by molar-refractivity contribution is 0.0785. The number of ether oxygens (including phenoxy) is 1. The molecule has 0 unspecified atom stereocenters. The van der Waals surface area contributed by atoms with Crippen LogP contribution in [0.4, 0.5) is 0 Å². The summed E-state index contributed by atoms with van der Waals surface area (Å²) in [6.45, 7) is 2.95. The molecule has 0 saturated heterocycles. The van der Waals surface area contributed by atoms with E-state index in [-0.39, 0.29) is 16.8 Å². The lowest BCUT2D eigenvalue weighted by Gasteiger charge is -2.18. The monoisotopic (exact) mass is 388 g/mol. The van der Waals surface area contributed by atoms with Crippen LogP contribution < -0.4 is 9.46 Å². The SMILES string of the molecule is CCOc1ccc(CN(C)C(=O)c2cccc(S(=O)(=O)NC3CC3)c2)cc1. The summed E-state index contributed by atoms with van der Waals surface area (Å²) in [7, 11) is -1.89. The summed E-state index contributed by atoms with van der Waals surface area (Å²) in [5.41, 5.74) is 1.32. The molecule has 0 aromatic heterocycles. The predicted molar refractivity (Wildman–Crippen MR) is 103 cm³/mol. The molecular weight excluding hydrogens is 364 g/mol. The summed E-state index contributed by atoms with van der Waals surface area (Å²) < 4.78 is 32.8. The van der Waals surface area contributed by atoms with Gasteiger partial charge >= 0.3 is 0 Å². The number of hydrogen-bond acceptors (Lipinski definition) is 4. The van der Waals surface area contributed by atoms with Crippen LogP contribution in [0.5, 0.6) is 5.75 Å². The molecule has 1 fully saturated rings. The molecule has 1 N–H and O–H groups in total. The van der Waals surface area contributed by atoms with E-state index in [0.717, 1.165) is 24.2 Å². The van der Waals surface area contributed by atoms with Gasteiger partial charge in [0.2, 0.25) is 10.0 Å². The summed E-state index contributed by atoms with van der Waals surface area (Å²) in [5.74, 6) is 0.559. The Morgan fingerprint density at radius 1 is 1.19 bits per heavy atom. The van der Waals surface area contributed by atoms with Gasteiger partial charge in [-0.1, -0.05) is 18.2 Å². The largest absolute Gasteiger partial charge is 0.494 e. The average Bonchev–Trinajstić information content (AvgIpc) is 3.46. The average molecular weight is 388 g/mol. The second-order valence-electron chi connectivity index (χ2n) is 6.66. The molecule has 1 saturated carbocycles. The van der Waals surface area contributed by atoms with E-state index in [0.29, 0.717) is 18.7 Å². The van der Waals surface area contributed by atoms with Gasteiger partial charge in [0.25, 0.3) is 5.91 Å². The number of carbonyl (C=O) groups is 1. The van der Waals surface area contributed by atoms with E-state index in [1.54, 1.807) is 24.1 Å². The van der Waals surface area contributed by atoms with Crippen molar-refractivity contribution in [1.29, 1.82) is 0 Å². The third-order valence-corrected chi connectivity index (χ3v) is 5.81. The first-order chi connectivity index (χ1) is 12.9. The van der Waals surface area contributed by atoms with E-state index in [4.69, 9.17) is 4.74 Å². The highest BCUT2D eigenvalue weighted by Crippen LogP contribution is 2.23. The normalized spacial score (nSPS) is 14.0. The molecule has 1 aliphatic rings. The summed E-state index contributed by atoms with van der Waals surface area (Å²) in [5, 5.41) is 0. The minimum atomic E-state index is -3.58. The van der Waals surface area contributed by atoms with E-state index in [1.807, 2.05) is 31.2 Å². The van der Waals surface area contributed by atoms with Crippen LogP contribution in [0.3, 0.4) is 0 Å². The molecule has 7 heteroatoms. The summed E-state index contributed by atoms with van der Waals surface area (Å²) in [6, 6.07) is 13.8. The second kappa shape index (κ2) is 8.10. The highest BCUT2D eigenvalue weighted by molar-refractivity contribution is 7.89. The Balaban J connectivity index is 1.70. The zero-order valence-electron chi connectivity index (χ0n) is 15.5. The number of amides is 1. The maximum Gasteiger partial charge on any atom is 0.253 e. The van der Waals surface area contributed by atoms with Crippen molar-refractivity contribution in [3.05, 3.63) is 59.7 Å². The van der Waals surface area contributed by atoms with Gasteiger partial charge in [0.05, 0.1) is 11.5 Å². The Labute approximate surface area is 160 Å². The molecule has 3 rings (SSSR count). The van der Waals surface area contributed by atoms with Gasteiger partial charge < -0.3 is 9.64 Å². The van der Waals surface area contributed by atoms with E-state index >= 15 is 0 Å². The molecule has 1 aliphatic carbocycles. The van der Waals surface area contributed by atoms with Crippen molar-refractivity contribution in [2.45, 2.75) is 37.2 Å². The van der Waals surface area contributed by atoms with E-state index in [9.17, 15) is 13.2 Å². The van der Waals surface area contributed by atoms with Crippen LogP contribution in [0.25, 0.3) is 0 Å². The van der Waals surface area contributed by atoms with Crippen LogP contribution in [0.15, 0.2) is 53.4 Å². The number of nitrogens with zero attached hydrogens (tertiary/aromatic N) is 1. The maximum absolute atomic E-state index is 12.7. The van der Waals surface area contributed by atoms with Crippen LogP contribution in [0.1, 0.15) is 35.7 Å². The van der Waals surface area contributed by atoms with Gasteiger partial charge in [-0.2, -0.15) is 0 Å². The fourth-order valence-corrected chi connectivity index (χ4v) is 4.06. The first-order valence-electron chi connectivity index (χ1n) is 8.98. The first kappa shape index (κ1) is 19.4. The molecule has 0 aliphatic heterocycles. The van der Waals surface area contributed by atoms with Crippen molar-refractivity contribution in [3.8, 4) is 5.75 Å². The fourth-order valence-electron chi connectivity index (χ4n) is 2.71. The van der Waals surface area contributed by atoms with Crippen molar-refractivity contribution >= 4 is 15.9 Å². The van der Waals surface area contributed by atoms with Crippen molar-refractivity contribution < 1.29 is 17.9 Å². The second-order valence-corrected chi connectivity index (χ2v) is 8.38. The molecule has 0 atom stereocenters. The third kappa shape index (κ3) is 5.08. The van der Waals surface area contributed by atoms with E-state index in [1.165, 1.54) is 12.1 Å². The molecule has 0 radical (unpaired) electrons. The molecule has 0 bridgehead atoms. The Morgan fingerprint density at radius 3 is 2.52 bits per heavy atom. The molecule has 144 valence electrons. The van der Waals surface area contributed by atoms with Gasteiger partial charge in [-0.05, 0) is 55.7 Å². The van der Waals surface area contributed by atoms with Crippen molar-refractivity contribution in [2.24, 2.45) is 0 Å². The Kier molecular flexibility index (Phi) is 5.82. The van der Waals surface area contributed by atoms with Crippen LogP contribution >= 0.6 is 0 Å². The highest BCUT2D eigenvalue weighted by atomic mass is 32.2. The standard InChI is InChI=1S/C20H24N2O4S/c1-3-26-18-11-7-15(8-12-18)14-22(2)20(23)16-5-4-6-19(13-16)27(24,25)21-17-9-10-17/h4-8,11-13,17,21H,3,9-10,14H2,1-2H3. The number of rotatable bonds is 8. The van der Waals surface area contributed by atoms with Crippen molar-refractivity contribution in [2.75, 3.05) is 13.7 Å². The van der Waals surface area contributed by atoms with Crippen molar-refractivity contribution in [1.82, 2.24) is 9.62 Å². The Morgan fingerprint density at radius 2 is 1.89 bits per heavy atom. The predicted octanol–water partition coefficient (Wildman–Crippen LogP) is 2.80. The fraction of sp³-hybridized carbons (Fsp3) is 0.350. The van der Waals surface area contributed by atoms with Gasteiger partial charge in [0.1, 0.15) is 5.75 Å². The van der Waals surface area contributed by atoms with Gasteiger partial charge in [-0.25, -0.2) is 13.1 Å². The minimum Gasteiger partial charge on any atom is -0.494 e. The number of carbonyl (C=O) groups excluding carboxylic acids is 1. The number of sulfonamides is 1. The molecule has 2 aromatic carbocycles. The van der Waals surface area contributed by atoms with Gasteiger partial charge in [0.15, 0.2) is 0 Å². The number of benzene rings is 2. The molecule has 0 heterocycles. The van der Waals surface area contributed by atoms with Crippen LogP contribution in [0.2, 0.25) is 0 Å². The zero-order chi connectivity index (χ0) is 19.4. The van der Waals surface area contributed by atoms with Crippen LogP contribution in [-0.4, -0.2) is 38.9 Å². The smallest absolute Gasteiger partial charge is 0.253 e. The quantitative estimate of drug-likeness (QED) is 0.754. The Bertz CT molecular complexity index is 906. The molecule has 0 spiro atoms. The molecule has 27 heavy (non-hydrogen) atoms. The minimum absolute atomic E-state index is 0.0247. The third-order valence-electron chi connectivity index (χ3n) is 4.29. The summed E-state index contributed by atoms with van der Waals surface area (Å²) >= 11 is 0. The molecule has 6 nitrogen and oxygen atoms in total. The van der Waals surface area contributed by atoms with Crippen LogP contribution in [0, 0.1) is 0 Å². The van der Waals surface area contributed by atoms with Gasteiger partial charge in [0, 0.05) is 25.2 Å². The van der Waals surface area contributed by atoms with E-state index in [2.05, 4.69) is 4.72 Å². The number of nitrogens with one attached hydrogen (secondary N) is 1. The van der Waals surface area contributed by atoms with Gasteiger partial charge in [-0.3, -0.25) is 4.79 Å². The summed E-state index contributed by atoms with van der Waals surface area (Å²) in [4.78, 5) is 14.4. The first-order valence-corrected chi connectivity index (χ1v) is 10.5. The van der Waals surface area contributed by atoms with Gasteiger partial charge in [-0.15, -0.1) is 0 Å². The Hall–Kier alpha value is -2.38. The topological polar surface area (TPSA) is 75.7 Å². The lowest BCUT2D eigenvalue weighted by atomic mass is 10.1. The molecular formula is C20H24N2O4S. The lowest BCUT2D eigenvalue weighted by Crippen LogP contribution is -2.28. The zero-order valence-corrected chi connectivity index (χ0v) is 16.3. The van der Waals surface area contributed by atoms with Crippen molar-refractivity contribution in [3.63, 3.8) is 0 Å². The number of hydrogen-bond donors (Lipinski definition) is 1. The maximum atomic E-state index is 12.7. The summed E-state index contributed by atoms with van der Waals surface area (Å²) in [6.07, 6.45) is 1.73. The van der Waals surface area contributed by atoms with E-state index < -0.39 is 10.0 Å². The molecule has 2 aromatic rings.